The molecule has 1 atom stereocenters. The highest BCUT2D eigenvalue weighted by atomic mass is 32.2. The molecule has 0 aliphatic carbocycles. The number of nitrogens with one attached hydrogen (secondary N) is 2. The Bertz CT molecular complexity index is 1340. The van der Waals surface area contributed by atoms with Crippen LogP contribution in [0.3, 0.4) is 0 Å². The Morgan fingerprint density at radius 2 is 1.84 bits per heavy atom. The van der Waals surface area contributed by atoms with E-state index in [9.17, 15) is 21.6 Å². The smallest absolute Gasteiger partial charge is 0.267 e. The van der Waals surface area contributed by atoms with E-state index in [-0.39, 0.29) is 22.3 Å². The van der Waals surface area contributed by atoms with Gasteiger partial charge in [-0.05, 0) is 36.4 Å². The first-order valence-corrected chi connectivity index (χ1v) is 13.4. The quantitative estimate of drug-likeness (QED) is 0.536. The molecule has 1 amide bonds. The van der Waals surface area contributed by atoms with Gasteiger partial charge in [0.25, 0.3) is 15.9 Å². The molecule has 1 unspecified atom stereocenters. The predicted molar refractivity (Wildman–Crippen MR) is 121 cm³/mol. The maximum absolute atomic E-state index is 12.7. The Kier molecular flexibility index (Phi) is 5.79. The summed E-state index contributed by atoms with van der Waals surface area (Å²) >= 11 is 1.15. The van der Waals surface area contributed by atoms with Crippen molar-refractivity contribution in [2.75, 3.05) is 27.1 Å². The van der Waals surface area contributed by atoms with Crippen LogP contribution in [-0.4, -0.2) is 46.6 Å². The summed E-state index contributed by atoms with van der Waals surface area (Å²) in [7, 11) is -7.45. The number of hydrogen-bond donors (Lipinski definition) is 2. The number of aromatic nitrogens is 1. The molecule has 2 aromatic carbocycles. The van der Waals surface area contributed by atoms with Gasteiger partial charge in [0.15, 0.2) is 11.2 Å². The van der Waals surface area contributed by atoms with E-state index < -0.39 is 32.1 Å². The third-order valence-corrected chi connectivity index (χ3v) is 7.83. The molecule has 4 rings (SSSR count). The third kappa shape index (κ3) is 4.69. The normalized spacial score (nSPS) is 16.0. The second-order valence-electron chi connectivity index (χ2n) is 6.82. The van der Waals surface area contributed by atoms with Gasteiger partial charge in [-0.25, -0.2) is 21.8 Å². The van der Waals surface area contributed by atoms with Gasteiger partial charge in [-0.15, -0.1) is 11.3 Å². The molecule has 13 heteroatoms. The van der Waals surface area contributed by atoms with E-state index >= 15 is 0 Å². The molecule has 0 saturated carbocycles. The zero-order valence-electron chi connectivity index (χ0n) is 16.6. The predicted octanol–water partition coefficient (Wildman–Crippen LogP) is 2.11. The zero-order chi connectivity index (χ0) is 22.9. The van der Waals surface area contributed by atoms with Crippen LogP contribution >= 0.6 is 11.3 Å². The topological polar surface area (TPSA) is 135 Å². The van der Waals surface area contributed by atoms with Crippen molar-refractivity contribution in [2.24, 2.45) is 0 Å². The monoisotopic (exact) mass is 494 g/mol. The maximum Gasteiger partial charge on any atom is 0.267 e. The van der Waals surface area contributed by atoms with Crippen molar-refractivity contribution in [1.29, 1.82) is 0 Å². The third-order valence-electron chi connectivity index (χ3n) is 4.51. The van der Waals surface area contributed by atoms with Crippen LogP contribution in [0.2, 0.25) is 0 Å². The average molecular weight is 495 g/mol. The van der Waals surface area contributed by atoms with Crippen LogP contribution < -0.4 is 19.1 Å². The van der Waals surface area contributed by atoms with Crippen molar-refractivity contribution in [1.82, 2.24) is 4.98 Å². The van der Waals surface area contributed by atoms with Crippen LogP contribution in [0, 0.1) is 0 Å². The summed E-state index contributed by atoms with van der Waals surface area (Å²) < 4.78 is 58.4. The van der Waals surface area contributed by atoms with Crippen LogP contribution in [0.25, 0.3) is 0 Å². The number of ether oxygens (including phenoxy) is 1. The number of carbonyl (C=O) groups is 1. The maximum atomic E-state index is 12.7. The van der Waals surface area contributed by atoms with Gasteiger partial charge < -0.3 is 10.1 Å². The molecule has 1 aliphatic rings. The van der Waals surface area contributed by atoms with Crippen molar-refractivity contribution in [3.8, 4) is 5.75 Å². The largest absolute Gasteiger partial charge is 0.476 e. The summed E-state index contributed by atoms with van der Waals surface area (Å²) in [4.78, 5) is 16.6. The molecule has 2 N–H and O–H groups in total. The van der Waals surface area contributed by atoms with Crippen molar-refractivity contribution in [2.45, 2.75) is 11.0 Å². The second-order valence-corrected chi connectivity index (χ2v) is 11.3. The lowest BCUT2D eigenvalue weighted by molar-refractivity contribution is -0.122. The van der Waals surface area contributed by atoms with Crippen LogP contribution in [0.5, 0.6) is 5.75 Å². The Labute approximate surface area is 189 Å². The number of rotatable bonds is 6. The van der Waals surface area contributed by atoms with E-state index in [1.54, 1.807) is 29.6 Å². The Morgan fingerprint density at radius 3 is 2.50 bits per heavy atom. The first kappa shape index (κ1) is 22.0. The average Bonchev–Trinajstić information content (AvgIpc) is 3.25. The molecular formula is C19H18N4O6S3. The highest BCUT2D eigenvalue weighted by molar-refractivity contribution is 7.93. The van der Waals surface area contributed by atoms with E-state index in [1.807, 2.05) is 0 Å². The summed E-state index contributed by atoms with van der Waals surface area (Å²) in [5.41, 5.74) is 0.693. The minimum Gasteiger partial charge on any atom is -0.476 e. The van der Waals surface area contributed by atoms with Gasteiger partial charge in [-0.3, -0.25) is 13.8 Å². The number of carbonyl (C=O) groups excluding carboxylic acids is 1. The van der Waals surface area contributed by atoms with Gasteiger partial charge in [0.05, 0.1) is 23.4 Å². The second kappa shape index (κ2) is 8.41. The van der Waals surface area contributed by atoms with E-state index in [4.69, 9.17) is 4.74 Å². The van der Waals surface area contributed by atoms with E-state index in [0.29, 0.717) is 11.4 Å². The number of nitrogens with zero attached hydrogens (tertiary/aromatic N) is 2. The molecule has 0 bridgehead atoms. The van der Waals surface area contributed by atoms with Gasteiger partial charge in [0.1, 0.15) is 5.75 Å². The molecule has 2 heterocycles. The SMILES string of the molecule is CS(=O)(=O)N1CC(C(=O)Nc2ccc(S(=O)(=O)Nc3nccs3)cc2)Oc2ccccc21. The van der Waals surface area contributed by atoms with Gasteiger partial charge in [-0.1, -0.05) is 12.1 Å². The van der Waals surface area contributed by atoms with Gasteiger partial charge in [0.2, 0.25) is 10.0 Å². The van der Waals surface area contributed by atoms with E-state index in [2.05, 4.69) is 15.0 Å². The number of fused-ring (bicyclic) bond motifs is 1. The number of thiazole rings is 1. The number of sulfonamides is 2. The molecule has 32 heavy (non-hydrogen) atoms. The summed E-state index contributed by atoms with van der Waals surface area (Å²) in [6, 6.07) is 12.1. The molecule has 10 nitrogen and oxygen atoms in total. The first-order valence-electron chi connectivity index (χ1n) is 9.20. The number of anilines is 3. The fourth-order valence-electron chi connectivity index (χ4n) is 3.04. The van der Waals surface area contributed by atoms with Crippen LogP contribution in [0.4, 0.5) is 16.5 Å². The lowest BCUT2D eigenvalue weighted by Gasteiger charge is -2.33. The molecule has 1 aliphatic heterocycles. The zero-order valence-corrected chi connectivity index (χ0v) is 19.1. The van der Waals surface area contributed by atoms with E-state index in [0.717, 1.165) is 21.9 Å². The molecule has 0 spiro atoms. The molecular weight excluding hydrogens is 476 g/mol. The Balaban J connectivity index is 1.48. The van der Waals surface area contributed by atoms with Crippen LogP contribution in [0.15, 0.2) is 65.0 Å². The van der Waals surface area contributed by atoms with Crippen molar-refractivity contribution >= 4 is 53.8 Å². The number of benzene rings is 2. The van der Waals surface area contributed by atoms with Gasteiger partial charge in [-0.2, -0.15) is 0 Å². The molecule has 0 fully saturated rings. The first-order chi connectivity index (χ1) is 15.1. The fraction of sp³-hybridized carbons (Fsp3) is 0.158. The molecule has 0 saturated heterocycles. The molecule has 1 aromatic heterocycles. The summed E-state index contributed by atoms with van der Waals surface area (Å²) in [6.45, 7) is -0.189. The number of para-hydroxylation sites is 2. The lowest BCUT2D eigenvalue weighted by Crippen LogP contribution is -2.48. The Hall–Kier alpha value is -3.16. The summed E-state index contributed by atoms with van der Waals surface area (Å²) in [5.74, 6) is -0.288. The minimum atomic E-state index is -3.82. The van der Waals surface area contributed by atoms with Crippen molar-refractivity contribution < 1.29 is 26.4 Å². The van der Waals surface area contributed by atoms with Crippen LogP contribution in [0.1, 0.15) is 0 Å². The van der Waals surface area contributed by atoms with Gasteiger partial charge in [0, 0.05) is 17.3 Å². The number of hydrogen-bond acceptors (Lipinski definition) is 8. The molecule has 0 radical (unpaired) electrons. The number of amides is 1. The summed E-state index contributed by atoms with van der Waals surface area (Å²) in [5, 5.41) is 4.52. The van der Waals surface area contributed by atoms with Crippen molar-refractivity contribution in [3.63, 3.8) is 0 Å². The van der Waals surface area contributed by atoms with Crippen LogP contribution in [-0.2, 0) is 24.8 Å². The van der Waals surface area contributed by atoms with Crippen molar-refractivity contribution in [3.05, 3.63) is 60.1 Å². The lowest BCUT2D eigenvalue weighted by atomic mass is 10.2. The summed E-state index contributed by atoms with van der Waals surface area (Å²) in [6.07, 6.45) is 1.45. The highest BCUT2D eigenvalue weighted by Crippen LogP contribution is 2.34. The standard InChI is InChI=1S/C19H18N4O6S3/c1-31(25,26)23-12-17(29-16-5-3-2-4-15(16)23)18(24)21-13-6-8-14(9-7-13)32(27,28)22-19-20-10-11-30-19/h2-11,17H,12H2,1H3,(H,20,22)(H,21,24). The Morgan fingerprint density at radius 1 is 1.12 bits per heavy atom. The fourth-order valence-corrected chi connectivity index (χ4v) is 5.74. The molecule has 3 aromatic rings. The minimum absolute atomic E-state index is 0.00297. The highest BCUT2D eigenvalue weighted by Gasteiger charge is 2.34. The van der Waals surface area contributed by atoms with E-state index in [1.165, 1.54) is 30.5 Å². The molecule has 168 valence electrons. The van der Waals surface area contributed by atoms with Gasteiger partial charge >= 0.3 is 0 Å².